The van der Waals surface area contributed by atoms with Gasteiger partial charge in [0.25, 0.3) is 0 Å². The van der Waals surface area contributed by atoms with E-state index in [1.54, 1.807) is 25.2 Å². The van der Waals surface area contributed by atoms with Crippen LogP contribution in [-0.4, -0.2) is 34.2 Å². The first-order valence-electron chi connectivity index (χ1n) is 8.28. The van der Waals surface area contributed by atoms with Gasteiger partial charge in [-0.1, -0.05) is 35.0 Å². The van der Waals surface area contributed by atoms with Crippen molar-refractivity contribution in [1.29, 1.82) is 0 Å². The number of hydrogen-bond acceptors (Lipinski definition) is 4. The number of anilines is 1. The molecule has 0 saturated carbocycles. The number of aryl methyl sites for hydroxylation is 1. The van der Waals surface area contributed by atoms with Crippen LogP contribution in [0.3, 0.4) is 0 Å². The van der Waals surface area contributed by atoms with Crippen molar-refractivity contribution in [2.45, 2.75) is 18.6 Å². The number of thioether (sulfide) groups is 1. The zero-order valence-corrected chi connectivity index (χ0v) is 17.3. The van der Waals surface area contributed by atoms with E-state index < -0.39 is 11.1 Å². The minimum absolute atomic E-state index is 0.000892. The molecule has 1 heterocycles. The summed E-state index contributed by atoms with van der Waals surface area (Å²) in [5.41, 5.74) is 1.90. The Morgan fingerprint density at radius 1 is 1.29 bits per heavy atom. The number of rotatable bonds is 4. The maximum atomic E-state index is 13.3. The Morgan fingerprint density at radius 3 is 2.71 bits per heavy atom. The molecule has 2 aromatic carbocycles. The van der Waals surface area contributed by atoms with E-state index in [1.807, 2.05) is 6.92 Å². The SMILES string of the molecule is Cc1cc(Cl)ccc1NC(=O)C[C@@H]1SC(=Nc2ccc(F)c(Cl)c2)N(C)C1=O. The van der Waals surface area contributed by atoms with Crippen molar-refractivity contribution in [3.05, 3.63) is 57.8 Å². The van der Waals surface area contributed by atoms with Gasteiger partial charge in [-0.15, -0.1) is 0 Å². The fraction of sp³-hybridized carbons (Fsp3) is 0.211. The number of aliphatic imine (C=N–C) groups is 1. The summed E-state index contributed by atoms with van der Waals surface area (Å²) in [6, 6.07) is 9.21. The second-order valence-corrected chi connectivity index (χ2v) is 8.22. The van der Waals surface area contributed by atoms with E-state index in [4.69, 9.17) is 23.2 Å². The van der Waals surface area contributed by atoms with Gasteiger partial charge in [-0.25, -0.2) is 9.38 Å². The van der Waals surface area contributed by atoms with Gasteiger partial charge in [0.15, 0.2) is 5.17 Å². The lowest BCUT2D eigenvalue weighted by molar-refractivity contribution is -0.127. The summed E-state index contributed by atoms with van der Waals surface area (Å²) >= 11 is 12.9. The Morgan fingerprint density at radius 2 is 2.04 bits per heavy atom. The molecule has 0 radical (unpaired) electrons. The summed E-state index contributed by atoms with van der Waals surface area (Å²) in [6.45, 7) is 1.84. The van der Waals surface area contributed by atoms with Crippen LogP contribution in [0.1, 0.15) is 12.0 Å². The lowest BCUT2D eigenvalue weighted by Gasteiger charge is -2.11. The minimum Gasteiger partial charge on any atom is -0.326 e. The maximum absolute atomic E-state index is 13.3. The quantitative estimate of drug-likeness (QED) is 0.726. The van der Waals surface area contributed by atoms with Crippen molar-refractivity contribution in [1.82, 2.24) is 4.90 Å². The molecule has 146 valence electrons. The normalized spacial score (nSPS) is 18.0. The number of carbonyl (C=O) groups is 2. The fourth-order valence-corrected chi connectivity index (χ4v) is 4.16. The Labute approximate surface area is 175 Å². The van der Waals surface area contributed by atoms with Crippen LogP contribution in [0.25, 0.3) is 0 Å². The Bertz CT molecular complexity index is 984. The number of nitrogens with one attached hydrogen (secondary N) is 1. The molecule has 0 aliphatic carbocycles. The Balaban J connectivity index is 1.69. The fourth-order valence-electron chi connectivity index (χ4n) is 2.60. The van der Waals surface area contributed by atoms with Gasteiger partial charge in [-0.2, -0.15) is 0 Å². The molecule has 1 atom stereocenters. The molecule has 1 aliphatic rings. The molecule has 9 heteroatoms. The van der Waals surface area contributed by atoms with E-state index in [1.165, 1.54) is 34.9 Å². The van der Waals surface area contributed by atoms with Gasteiger partial charge in [-0.05, 0) is 48.9 Å². The van der Waals surface area contributed by atoms with E-state index in [0.717, 1.165) is 5.56 Å². The highest BCUT2D eigenvalue weighted by atomic mass is 35.5. The van der Waals surface area contributed by atoms with Gasteiger partial charge >= 0.3 is 0 Å². The van der Waals surface area contributed by atoms with Crippen LogP contribution in [-0.2, 0) is 9.59 Å². The predicted octanol–water partition coefficient (Wildman–Crippen LogP) is 5.03. The molecule has 1 N–H and O–H groups in total. The molecular formula is C19H16Cl2FN3O2S. The average molecular weight is 440 g/mol. The first kappa shape index (κ1) is 20.6. The van der Waals surface area contributed by atoms with E-state index in [0.29, 0.717) is 21.6 Å². The van der Waals surface area contributed by atoms with Crippen LogP contribution in [0.15, 0.2) is 41.4 Å². The summed E-state index contributed by atoms with van der Waals surface area (Å²) in [6.07, 6.45) is -0.000892. The third-order valence-electron chi connectivity index (χ3n) is 4.10. The van der Waals surface area contributed by atoms with Crippen LogP contribution in [0.2, 0.25) is 10.0 Å². The lowest BCUT2D eigenvalue weighted by Crippen LogP contribution is -2.30. The van der Waals surface area contributed by atoms with E-state index in [9.17, 15) is 14.0 Å². The second-order valence-electron chi connectivity index (χ2n) is 6.21. The van der Waals surface area contributed by atoms with Crippen LogP contribution >= 0.6 is 35.0 Å². The number of nitrogens with zero attached hydrogens (tertiary/aromatic N) is 2. The van der Waals surface area contributed by atoms with E-state index in [-0.39, 0.29) is 23.3 Å². The standard InChI is InChI=1S/C19H16Cl2FN3O2S/c1-10-7-11(20)3-6-15(10)24-17(26)9-16-18(27)25(2)19(28-16)23-12-4-5-14(22)13(21)8-12/h3-8,16H,9H2,1-2H3,(H,24,26)/t16-/m0/s1. The van der Waals surface area contributed by atoms with E-state index in [2.05, 4.69) is 10.3 Å². The summed E-state index contributed by atoms with van der Waals surface area (Å²) < 4.78 is 13.3. The molecule has 1 aliphatic heterocycles. The van der Waals surface area contributed by atoms with Crippen LogP contribution in [0, 0.1) is 12.7 Å². The number of amidine groups is 1. The van der Waals surface area contributed by atoms with Crippen molar-refractivity contribution in [2.24, 2.45) is 4.99 Å². The second kappa shape index (κ2) is 8.51. The monoisotopic (exact) mass is 439 g/mol. The van der Waals surface area contributed by atoms with Crippen LogP contribution < -0.4 is 5.32 Å². The minimum atomic E-state index is -0.590. The zero-order chi connectivity index (χ0) is 20.4. The molecule has 0 spiro atoms. The number of carbonyl (C=O) groups excluding carboxylic acids is 2. The molecule has 5 nitrogen and oxygen atoms in total. The zero-order valence-electron chi connectivity index (χ0n) is 15.0. The summed E-state index contributed by atoms with van der Waals surface area (Å²) in [5.74, 6) is -1.04. The molecule has 28 heavy (non-hydrogen) atoms. The van der Waals surface area contributed by atoms with Crippen molar-refractivity contribution in [3.8, 4) is 0 Å². The van der Waals surface area contributed by atoms with Crippen molar-refractivity contribution in [2.75, 3.05) is 12.4 Å². The summed E-state index contributed by atoms with van der Waals surface area (Å²) in [4.78, 5) is 30.6. The number of hydrogen-bond donors (Lipinski definition) is 1. The number of halogens is 3. The third-order valence-corrected chi connectivity index (χ3v) is 5.86. The number of benzene rings is 2. The molecule has 0 bridgehead atoms. The van der Waals surface area contributed by atoms with Gasteiger partial charge in [0.2, 0.25) is 11.8 Å². The van der Waals surface area contributed by atoms with Crippen LogP contribution in [0.4, 0.5) is 15.8 Å². The van der Waals surface area contributed by atoms with Gasteiger partial charge in [-0.3, -0.25) is 14.5 Å². The topological polar surface area (TPSA) is 61.8 Å². The summed E-state index contributed by atoms with van der Waals surface area (Å²) in [5, 5.41) is 3.17. The van der Waals surface area contributed by atoms with Crippen LogP contribution in [0.5, 0.6) is 0 Å². The van der Waals surface area contributed by atoms with Crippen molar-refractivity contribution < 1.29 is 14.0 Å². The van der Waals surface area contributed by atoms with Gasteiger partial charge in [0, 0.05) is 24.2 Å². The molecule has 3 rings (SSSR count). The highest BCUT2D eigenvalue weighted by Gasteiger charge is 2.37. The highest BCUT2D eigenvalue weighted by Crippen LogP contribution is 2.32. The third kappa shape index (κ3) is 4.66. The first-order chi connectivity index (χ1) is 13.2. The highest BCUT2D eigenvalue weighted by molar-refractivity contribution is 8.15. The molecule has 2 amide bonds. The summed E-state index contributed by atoms with van der Waals surface area (Å²) in [7, 11) is 1.58. The number of amides is 2. The molecule has 0 unspecified atom stereocenters. The maximum Gasteiger partial charge on any atom is 0.242 e. The van der Waals surface area contributed by atoms with E-state index >= 15 is 0 Å². The molecule has 1 saturated heterocycles. The van der Waals surface area contributed by atoms with Crippen molar-refractivity contribution in [3.63, 3.8) is 0 Å². The largest absolute Gasteiger partial charge is 0.326 e. The first-order valence-corrected chi connectivity index (χ1v) is 9.92. The smallest absolute Gasteiger partial charge is 0.242 e. The van der Waals surface area contributed by atoms with Gasteiger partial charge < -0.3 is 5.32 Å². The molecular weight excluding hydrogens is 424 g/mol. The Hall–Kier alpha value is -2.09. The lowest BCUT2D eigenvalue weighted by atomic mass is 10.2. The molecule has 2 aromatic rings. The predicted molar refractivity (Wildman–Crippen MR) is 112 cm³/mol. The molecule has 0 aromatic heterocycles. The van der Waals surface area contributed by atoms with Gasteiger partial charge in [0.05, 0.1) is 10.7 Å². The Kier molecular flexibility index (Phi) is 6.27. The molecule has 1 fully saturated rings. The van der Waals surface area contributed by atoms with Gasteiger partial charge in [0.1, 0.15) is 11.1 Å². The average Bonchev–Trinajstić information content (AvgIpc) is 2.88. The van der Waals surface area contributed by atoms with Crippen molar-refractivity contribution >= 4 is 63.3 Å².